The van der Waals surface area contributed by atoms with Crippen LogP contribution in [0.4, 0.5) is 31.0 Å². The third-order valence-electron chi connectivity index (χ3n) is 2.07. The third-order valence-corrected chi connectivity index (χ3v) is 2.07. The Morgan fingerprint density at radius 2 is 1.79 bits per heavy atom. The molecule has 0 aliphatic heterocycles. The molecule has 0 aliphatic rings. The minimum atomic E-state index is -4.15. The topological polar surface area (TPSA) is 92.0 Å². The summed E-state index contributed by atoms with van der Waals surface area (Å²) in [6.07, 6.45) is -5.06. The largest absolute Gasteiger partial charge is 0.389 e. The summed E-state index contributed by atoms with van der Waals surface area (Å²) in [5.74, 6) is 5.86. The lowest BCUT2D eigenvalue weighted by Gasteiger charge is -2.13. The van der Waals surface area contributed by atoms with Crippen molar-refractivity contribution in [1.29, 1.82) is 0 Å². The molecule has 108 valence electrons. The summed E-state index contributed by atoms with van der Waals surface area (Å²) in [5, 5.41) is 2.70. The molecule has 0 bridgehead atoms. The first kappa shape index (κ1) is 15.2. The van der Waals surface area contributed by atoms with Gasteiger partial charge in [-0.05, 0) is 6.42 Å². The first-order valence-corrected chi connectivity index (χ1v) is 5.52. The standard InChI is InChI=1S/C9H16F3N7/c1-19(2)8-16-6(15-7(17-8)18-13)14-5-3-4-9(10,11)12/h3-5,13H2,1-2H3,(H2,14,15,16,17,18). The molecule has 1 aromatic heterocycles. The van der Waals surface area contributed by atoms with Gasteiger partial charge in [0.15, 0.2) is 0 Å². The lowest BCUT2D eigenvalue weighted by molar-refractivity contribution is -0.134. The van der Waals surface area contributed by atoms with Gasteiger partial charge in [-0.2, -0.15) is 28.1 Å². The highest BCUT2D eigenvalue weighted by Crippen LogP contribution is 2.21. The molecule has 0 saturated carbocycles. The number of nitrogens with one attached hydrogen (secondary N) is 2. The van der Waals surface area contributed by atoms with E-state index in [1.807, 2.05) is 0 Å². The highest BCUT2D eigenvalue weighted by atomic mass is 19.4. The number of rotatable bonds is 6. The fraction of sp³-hybridized carbons (Fsp3) is 0.667. The molecule has 0 saturated heterocycles. The van der Waals surface area contributed by atoms with Crippen LogP contribution in [0.2, 0.25) is 0 Å². The fourth-order valence-electron chi connectivity index (χ4n) is 1.20. The minimum absolute atomic E-state index is 0.0577. The normalized spacial score (nSPS) is 11.3. The summed E-state index contributed by atoms with van der Waals surface area (Å²) < 4.78 is 35.9. The van der Waals surface area contributed by atoms with Crippen LogP contribution in [0.15, 0.2) is 0 Å². The number of nitrogens with two attached hydrogens (primary N) is 1. The van der Waals surface area contributed by atoms with Crippen molar-refractivity contribution in [2.45, 2.75) is 19.0 Å². The highest BCUT2D eigenvalue weighted by Gasteiger charge is 2.25. The Balaban J connectivity index is 2.60. The molecule has 0 amide bonds. The monoisotopic (exact) mass is 279 g/mol. The Hall–Kier alpha value is -1.84. The smallest absolute Gasteiger partial charge is 0.354 e. The molecule has 1 rings (SSSR count). The summed E-state index contributed by atoms with van der Waals surface area (Å²) in [6, 6.07) is 0. The molecule has 0 spiro atoms. The van der Waals surface area contributed by atoms with E-state index in [0.29, 0.717) is 5.95 Å². The Labute approximate surface area is 108 Å². The molecule has 10 heteroatoms. The predicted molar refractivity (Wildman–Crippen MR) is 65.7 cm³/mol. The summed E-state index contributed by atoms with van der Waals surface area (Å²) in [7, 11) is 3.45. The van der Waals surface area contributed by atoms with Gasteiger partial charge in [-0.1, -0.05) is 0 Å². The lowest BCUT2D eigenvalue weighted by Crippen LogP contribution is -2.19. The van der Waals surface area contributed by atoms with E-state index in [0.717, 1.165) is 0 Å². The zero-order valence-corrected chi connectivity index (χ0v) is 10.6. The van der Waals surface area contributed by atoms with Gasteiger partial charge in [0.1, 0.15) is 0 Å². The number of nitrogens with zero attached hydrogens (tertiary/aromatic N) is 4. The number of alkyl halides is 3. The van der Waals surface area contributed by atoms with Gasteiger partial charge >= 0.3 is 6.18 Å². The van der Waals surface area contributed by atoms with Crippen LogP contribution < -0.4 is 21.5 Å². The van der Waals surface area contributed by atoms with Crippen LogP contribution in [0.5, 0.6) is 0 Å². The van der Waals surface area contributed by atoms with Crippen LogP contribution in [0.1, 0.15) is 12.8 Å². The molecule has 1 aromatic rings. The van der Waals surface area contributed by atoms with Crippen LogP contribution in [-0.4, -0.2) is 41.8 Å². The van der Waals surface area contributed by atoms with Gasteiger partial charge in [0.05, 0.1) is 0 Å². The van der Waals surface area contributed by atoms with E-state index in [4.69, 9.17) is 5.84 Å². The van der Waals surface area contributed by atoms with E-state index >= 15 is 0 Å². The second-order valence-corrected chi connectivity index (χ2v) is 3.97. The zero-order valence-electron chi connectivity index (χ0n) is 10.6. The number of hydrogen-bond donors (Lipinski definition) is 3. The fourth-order valence-corrected chi connectivity index (χ4v) is 1.20. The van der Waals surface area contributed by atoms with Crippen molar-refractivity contribution < 1.29 is 13.2 Å². The molecule has 0 fully saturated rings. The van der Waals surface area contributed by atoms with Gasteiger partial charge in [0.2, 0.25) is 17.8 Å². The van der Waals surface area contributed by atoms with Crippen molar-refractivity contribution in [2.75, 3.05) is 36.3 Å². The molecular formula is C9H16F3N7. The SMILES string of the molecule is CN(C)c1nc(NN)nc(NCCCC(F)(F)F)n1. The summed E-state index contributed by atoms with van der Waals surface area (Å²) in [4.78, 5) is 13.5. The molecule has 1 heterocycles. The second kappa shape index (κ2) is 6.36. The number of anilines is 3. The van der Waals surface area contributed by atoms with E-state index in [1.54, 1.807) is 19.0 Å². The molecule has 0 radical (unpaired) electrons. The average molecular weight is 279 g/mol. The van der Waals surface area contributed by atoms with Crippen molar-refractivity contribution in [1.82, 2.24) is 15.0 Å². The molecule has 4 N–H and O–H groups in total. The quantitative estimate of drug-likeness (QED) is 0.406. The van der Waals surface area contributed by atoms with Gasteiger partial charge < -0.3 is 10.2 Å². The van der Waals surface area contributed by atoms with Gasteiger partial charge in [-0.3, -0.25) is 5.43 Å². The molecule has 0 aliphatic carbocycles. The van der Waals surface area contributed by atoms with Gasteiger partial charge in [-0.15, -0.1) is 0 Å². The molecule has 0 aromatic carbocycles. The Bertz CT molecular complexity index is 407. The molecule has 19 heavy (non-hydrogen) atoms. The average Bonchev–Trinajstić information content (AvgIpc) is 2.33. The van der Waals surface area contributed by atoms with Crippen molar-refractivity contribution in [3.8, 4) is 0 Å². The maximum Gasteiger partial charge on any atom is 0.389 e. The highest BCUT2D eigenvalue weighted by molar-refractivity contribution is 5.42. The minimum Gasteiger partial charge on any atom is -0.354 e. The summed E-state index contributed by atoms with van der Waals surface area (Å²) in [5.41, 5.74) is 2.27. The number of aromatic nitrogens is 3. The maximum atomic E-state index is 12.0. The molecular weight excluding hydrogens is 263 g/mol. The zero-order chi connectivity index (χ0) is 14.5. The van der Waals surface area contributed by atoms with Crippen LogP contribution in [0, 0.1) is 0 Å². The number of nitrogen functional groups attached to an aromatic ring is 1. The van der Waals surface area contributed by atoms with Crippen LogP contribution in [0.3, 0.4) is 0 Å². The van der Waals surface area contributed by atoms with E-state index in [1.165, 1.54) is 0 Å². The van der Waals surface area contributed by atoms with E-state index < -0.39 is 12.6 Å². The van der Waals surface area contributed by atoms with Crippen LogP contribution in [0.25, 0.3) is 0 Å². The van der Waals surface area contributed by atoms with Crippen molar-refractivity contribution in [3.05, 3.63) is 0 Å². The lowest BCUT2D eigenvalue weighted by atomic mass is 10.3. The van der Waals surface area contributed by atoms with E-state index in [9.17, 15) is 13.2 Å². The Kier molecular flexibility index (Phi) is 5.10. The van der Waals surface area contributed by atoms with E-state index in [2.05, 4.69) is 25.7 Å². The Morgan fingerprint density at radius 3 is 2.32 bits per heavy atom. The first-order valence-electron chi connectivity index (χ1n) is 5.52. The first-order chi connectivity index (χ1) is 8.81. The third kappa shape index (κ3) is 5.55. The molecule has 0 atom stereocenters. The Morgan fingerprint density at radius 1 is 1.16 bits per heavy atom. The van der Waals surface area contributed by atoms with E-state index in [-0.39, 0.29) is 24.9 Å². The van der Waals surface area contributed by atoms with Crippen LogP contribution >= 0.6 is 0 Å². The van der Waals surface area contributed by atoms with Gasteiger partial charge in [-0.25, -0.2) is 5.84 Å². The van der Waals surface area contributed by atoms with Crippen molar-refractivity contribution in [3.63, 3.8) is 0 Å². The van der Waals surface area contributed by atoms with Crippen LogP contribution in [-0.2, 0) is 0 Å². The number of halogens is 3. The van der Waals surface area contributed by atoms with Crippen molar-refractivity contribution in [2.24, 2.45) is 5.84 Å². The predicted octanol–water partition coefficient (Wildman–Crippen LogP) is 0.978. The maximum absolute atomic E-state index is 12.0. The van der Waals surface area contributed by atoms with Gasteiger partial charge in [0.25, 0.3) is 0 Å². The molecule has 0 unspecified atom stereocenters. The summed E-state index contributed by atoms with van der Waals surface area (Å²) in [6.45, 7) is 0.112. The summed E-state index contributed by atoms with van der Waals surface area (Å²) >= 11 is 0. The van der Waals surface area contributed by atoms with Gasteiger partial charge in [0, 0.05) is 27.1 Å². The second-order valence-electron chi connectivity index (χ2n) is 3.97. The number of hydrazine groups is 1. The van der Waals surface area contributed by atoms with Crippen molar-refractivity contribution >= 4 is 17.8 Å². The number of hydrogen-bond acceptors (Lipinski definition) is 7. The molecule has 7 nitrogen and oxygen atoms in total.